The lowest BCUT2D eigenvalue weighted by Crippen LogP contribution is -2.07. The lowest BCUT2D eigenvalue weighted by Gasteiger charge is -2.03. The van der Waals surface area contributed by atoms with Crippen LogP contribution < -0.4 is 5.32 Å². The summed E-state index contributed by atoms with van der Waals surface area (Å²) in [7, 11) is 1.33. The third-order valence-corrected chi connectivity index (χ3v) is 3.60. The van der Waals surface area contributed by atoms with Gasteiger partial charge in [-0.25, -0.2) is 9.78 Å². The number of H-pyrrole nitrogens is 1. The van der Waals surface area contributed by atoms with Crippen LogP contribution in [0.1, 0.15) is 15.9 Å². The van der Waals surface area contributed by atoms with E-state index in [0.717, 1.165) is 11.1 Å². The van der Waals surface area contributed by atoms with Gasteiger partial charge in [0, 0.05) is 17.3 Å². The number of hydrogen-bond acceptors (Lipinski definition) is 5. The maximum absolute atomic E-state index is 12.0. The second-order valence-corrected chi connectivity index (χ2v) is 5.35. The average molecular weight is 348 g/mol. The highest BCUT2D eigenvalue weighted by molar-refractivity contribution is 6.02. The highest BCUT2D eigenvalue weighted by Gasteiger charge is 2.04. The number of aromatic amines is 1. The number of benzene rings is 2. The third-order valence-electron chi connectivity index (χ3n) is 3.60. The predicted molar refractivity (Wildman–Crippen MR) is 97.3 cm³/mol. The first-order valence-electron chi connectivity index (χ1n) is 7.79. The molecule has 26 heavy (non-hydrogen) atoms. The van der Waals surface area contributed by atoms with Crippen LogP contribution in [0.4, 0.5) is 5.69 Å². The predicted octanol–water partition coefficient (Wildman–Crippen LogP) is 2.91. The average Bonchev–Trinajstić information content (AvgIpc) is 3.21. The first-order chi connectivity index (χ1) is 12.7. The largest absolute Gasteiger partial charge is 0.465 e. The number of amides is 1. The Morgan fingerprint density at radius 2 is 1.81 bits per heavy atom. The molecule has 2 aromatic carbocycles. The Morgan fingerprint density at radius 1 is 1.08 bits per heavy atom. The van der Waals surface area contributed by atoms with Crippen LogP contribution in [-0.4, -0.2) is 34.2 Å². The van der Waals surface area contributed by atoms with E-state index in [4.69, 9.17) is 0 Å². The molecule has 0 aliphatic rings. The van der Waals surface area contributed by atoms with Gasteiger partial charge in [0.2, 0.25) is 5.91 Å². The van der Waals surface area contributed by atoms with Crippen molar-refractivity contribution in [2.75, 3.05) is 12.4 Å². The number of ether oxygens (including phenoxy) is 1. The Labute approximate surface area is 149 Å². The van der Waals surface area contributed by atoms with Gasteiger partial charge in [-0.1, -0.05) is 12.1 Å². The fourth-order valence-corrected chi connectivity index (χ4v) is 2.26. The standard InChI is InChI=1S/C19H16N4O3/c1-26-19(25)15-5-2-13(3-6-15)4-11-17(24)22-16-9-7-14(8-10-16)18-20-12-21-23-18/h2-12H,1H3,(H,22,24)(H,20,21,23)/b11-4+. The summed E-state index contributed by atoms with van der Waals surface area (Å²) >= 11 is 0. The van der Waals surface area contributed by atoms with Gasteiger partial charge in [-0.2, -0.15) is 5.10 Å². The minimum Gasteiger partial charge on any atom is -0.465 e. The van der Waals surface area contributed by atoms with Crippen molar-refractivity contribution >= 4 is 23.6 Å². The van der Waals surface area contributed by atoms with E-state index < -0.39 is 5.97 Å². The normalized spacial score (nSPS) is 10.7. The van der Waals surface area contributed by atoms with Gasteiger partial charge >= 0.3 is 5.97 Å². The number of rotatable bonds is 5. The number of methoxy groups -OCH3 is 1. The number of carbonyl (C=O) groups excluding carboxylic acids is 2. The Hall–Kier alpha value is -3.74. The molecule has 130 valence electrons. The molecule has 0 spiro atoms. The second kappa shape index (κ2) is 7.89. The van der Waals surface area contributed by atoms with Crippen molar-refractivity contribution in [3.63, 3.8) is 0 Å². The number of aromatic nitrogens is 3. The Kier molecular flexibility index (Phi) is 5.19. The molecular weight excluding hydrogens is 332 g/mol. The van der Waals surface area contributed by atoms with Gasteiger partial charge in [0.25, 0.3) is 0 Å². The SMILES string of the molecule is COC(=O)c1ccc(/C=C/C(=O)Nc2ccc(-c3ncn[nH]3)cc2)cc1. The van der Waals surface area contributed by atoms with Crippen molar-refractivity contribution in [2.24, 2.45) is 0 Å². The maximum Gasteiger partial charge on any atom is 0.337 e. The smallest absolute Gasteiger partial charge is 0.337 e. The van der Waals surface area contributed by atoms with E-state index in [1.54, 1.807) is 42.5 Å². The second-order valence-electron chi connectivity index (χ2n) is 5.35. The molecule has 0 unspecified atom stereocenters. The quantitative estimate of drug-likeness (QED) is 0.546. The van der Waals surface area contributed by atoms with Crippen molar-refractivity contribution in [3.8, 4) is 11.4 Å². The summed E-state index contributed by atoms with van der Waals surface area (Å²) < 4.78 is 4.64. The van der Waals surface area contributed by atoms with Gasteiger partial charge in [-0.15, -0.1) is 0 Å². The first-order valence-corrected chi connectivity index (χ1v) is 7.79. The van der Waals surface area contributed by atoms with Crippen LogP contribution in [0.15, 0.2) is 60.9 Å². The van der Waals surface area contributed by atoms with Gasteiger partial charge in [0.05, 0.1) is 12.7 Å². The van der Waals surface area contributed by atoms with Crippen LogP contribution in [0.25, 0.3) is 17.5 Å². The van der Waals surface area contributed by atoms with E-state index in [0.29, 0.717) is 17.1 Å². The molecule has 7 heteroatoms. The Bertz CT molecular complexity index is 914. The van der Waals surface area contributed by atoms with Crippen LogP contribution >= 0.6 is 0 Å². The zero-order chi connectivity index (χ0) is 18.4. The van der Waals surface area contributed by atoms with E-state index in [1.165, 1.54) is 19.5 Å². The number of hydrogen-bond donors (Lipinski definition) is 2. The van der Waals surface area contributed by atoms with Crippen LogP contribution in [0.3, 0.4) is 0 Å². The zero-order valence-corrected chi connectivity index (χ0v) is 14.0. The molecule has 0 atom stereocenters. The van der Waals surface area contributed by atoms with Crippen molar-refractivity contribution in [2.45, 2.75) is 0 Å². The third kappa shape index (κ3) is 4.21. The lowest BCUT2D eigenvalue weighted by atomic mass is 10.1. The van der Waals surface area contributed by atoms with E-state index in [1.807, 2.05) is 12.1 Å². The van der Waals surface area contributed by atoms with Crippen LogP contribution in [0, 0.1) is 0 Å². The summed E-state index contributed by atoms with van der Waals surface area (Å²) in [6, 6.07) is 14.0. The molecule has 1 aromatic heterocycles. The summed E-state index contributed by atoms with van der Waals surface area (Å²) in [5.41, 5.74) is 2.81. The lowest BCUT2D eigenvalue weighted by molar-refractivity contribution is -0.111. The zero-order valence-electron chi connectivity index (χ0n) is 14.0. The fraction of sp³-hybridized carbons (Fsp3) is 0.0526. The summed E-state index contributed by atoms with van der Waals surface area (Å²) in [6.45, 7) is 0. The summed E-state index contributed by atoms with van der Waals surface area (Å²) in [6.07, 6.45) is 4.53. The minimum absolute atomic E-state index is 0.255. The van der Waals surface area contributed by atoms with Crippen molar-refractivity contribution in [3.05, 3.63) is 72.1 Å². The molecule has 0 bridgehead atoms. The molecule has 0 aliphatic heterocycles. The van der Waals surface area contributed by atoms with Gasteiger partial charge in [0.1, 0.15) is 6.33 Å². The number of carbonyl (C=O) groups is 2. The van der Waals surface area contributed by atoms with Crippen LogP contribution in [-0.2, 0) is 9.53 Å². The van der Waals surface area contributed by atoms with Gasteiger partial charge in [0.15, 0.2) is 5.82 Å². The molecule has 0 saturated heterocycles. The van der Waals surface area contributed by atoms with E-state index >= 15 is 0 Å². The highest BCUT2D eigenvalue weighted by Crippen LogP contribution is 2.17. The van der Waals surface area contributed by atoms with E-state index in [9.17, 15) is 9.59 Å². The molecule has 2 N–H and O–H groups in total. The molecule has 3 rings (SSSR count). The molecule has 7 nitrogen and oxygen atoms in total. The van der Waals surface area contributed by atoms with E-state index in [-0.39, 0.29) is 5.91 Å². The minimum atomic E-state index is -0.396. The van der Waals surface area contributed by atoms with Gasteiger partial charge < -0.3 is 10.1 Å². The van der Waals surface area contributed by atoms with E-state index in [2.05, 4.69) is 25.2 Å². The number of esters is 1. The first kappa shape index (κ1) is 17.1. The molecule has 0 fully saturated rings. The fourth-order valence-electron chi connectivity index (χ4n) is 2.26. The van der Waals surface area contributed by atoms with Crippen molar-refractivity contribution in [1.29, 1.82) is 0 Å². The number of anilines is 1. The molecular formula is C19H16N4O3. The maximum atomic E-state index is 12.0. The number of nitrogens with zero attached hydrogens (tertiary/aromatic N) is 2. The summed E-state index contributed by atoms with van der Waals surface area (Å²) in [5.74, 6) is 0.0136. The van der Waals surface area contributed by atoms with Gasteiger partial charge in [-0.3, -0.25) is 9.89 Å². The van der Waals surface area contributed by atoms with Crippen LogP contribution in [0.5, 0.6) is 0 Å². The Balaban J connectivity index is 1.59. The van der Waals surface area contributed by atoms with Gasteiger partial charge in [-0.05, 0) is 48.0 Å². The molecule has 1 amide bonds. The molecule has 0 saturated carbocycles. The summed E-state index contributed by atoms with van der Waals surface area (Å²) in [4.78, 5) is 27.5. The highest BCUT2D eigenvalue weighted by atomic mass is 16.5. The molecule has 3 aromatic rings. The topological polar surface area (TPSA) is 97.0 Å². The molecule has 0 radical (unpaired) electrons. The monoisotopic (exact) mass is 348 g/mol. The van der Waals surface area contributed by atoms with Crippen molar-refractivity contribution < 1.29 is 14.3 Å². The molecule has 0 aliphatic carbocycles. The number of nitrogens with one attached hydrogen (secondary N) is 2. The Morgan fingerprint density at radius 3 is 2.42 bits per heavy atom. The van der Waals surface area contributed by atoms with Crippen molar-refractivity contribution in [1.82, 2.24) is 15.2 Å². The van der Waals surface area contributed by atoms with Crippen LogP contribution in [0.2, 0.25) is 0 Å². The molecule has 1 heterocycles. The summed E-state index contributed by atoms with van der Waals surface area (Å²) in [5, 5.41) is 9.36.